The van der Waals surface area contributed by atoms with Crippen LogP contribution in [0.2, 0.25) is 0 Å². The van der Waals surface area contributed by atoms with Gasteiger partial charge in [0.15, 0.2) is 0 Å². The number of nitrogens with one attached hydrogen (secondary N) is 1. The zero-order valence-electron chi connectivity index (χ0n) is 8.18. The molecule has 0 aromatic rings. The smallest absolute Gasteiger partial charge is 0.101 e. The van der Waals surface area contributed by atoms with E-state index < -0.39 is 0 Å². The molecule has 0 rings (SSSR count). The fourth-order valence-corrected chi connectivity index (χ4v) is 0.201. The molecule has 0 saturated heterocycles. The highest BCUT2D eigenvalue weighted by molar-refractivity contribution is 4.48. The summed E-state index contributed by atoms with van der Waals surface area (Å²) in [4.78, 5) is 0. The van der Waals surface area contributed by atoms with E-state index in [-0.39, 0.29) is 0 Å². The van der Waals surface area contributed by atoms with Crippen LogP contribution in [0.5, 0.6) is 0 Å². The molecule has 11 heavy (non-hydrogen) atoms. The molecule has 3 heteroatoms. The van der Waals surface area contributed by atoms with Gasteiger partial charge in [-0.1, -0.05) is 34.3 Å². The Morgan fingerprint density at radius 3 is 2.09 bits per heavy atom. The van der Waals surface area contributed by atoms with E-state index in [0.717, 1.165) is 0 Å². The summed E-state index contributed by atoms with van der Waals surface area (Å²) >= 11 is 0. The fourth-order valence-electron chi connectivity index (χ4n) is 0.201. The molecule has 0 aromatic carbocycles. The van der Waals surface area contributed by atoms with Crippen molar-refractivity contribution in [3.63, 3.8) is 0 Å². The van der Waals surface area contributed by atoms with Crippen LogP contribution >= 0.6 is 0 Å². The van der Waals surface area contributed by atoms with Crippen LogP contribution in [0.15, 0.2) is 12.8 Å². The fraction of sp³-hybridized carbons (Fsp3) is 0.750. The molecule has 0 amide bonds. The molecular formula is C8H22N2O. The molecule has 70 valence electrons. The molecule has 0 spiro atoms. The molecule has 0 aliphatic heterocycles. The minimum Gasteiger partial charge on any atom is -0.500 e. The molecule has 3 N–H and O–H groups in total. The summed E-state index contributed by atoms with van der Waals surface area (Å²) in [6, 6.07) is 0. The Morgan fingerprint density at radius 2 is 1.82 bits per heavy atom. The first kappa shape index (κ1) is 16.8. The lowest BCUT2D eigenvalue weighted by Gasteiger charge is -1.95. The Hall–Kier alpha value is -0.540. The van der Waals surface area contributed by atoms with Crippen LogP contribution in [0.25, 0.3) is 0 Å². The van der Waals surface area contributed by atoms with Crippen LogP contribution in [0.3, 0.4) is 0 Å². The van der Waals surface area contributed by atoms with Crippen molar-refractivity contribution in [2.24, 2.45) is 5.84 Å². The lowest BCUT2D eigenvalue weighted by atomic mass is 10.7. The van der Waals surface area contributed by atoms with E-state index in [9.17, 15) is 0 Å². The maximum Gasteiger partial charge on any atom is 0.101 e. The molecule has 0 radical (unpaired) electrons. The summed E-state index contributed by atoms with van der Waals surface area (Å²) in [6.45, 7) is 12.6. The van der Waals surface area contributed by atoms with Gasteiger partial charge in [0.25, 0.3) is 0 Å². The Balaban J connectivity index is -0.000000138. The normalized spacial score (nSPS) is 6.27. The van der Waals surface area contributed by atoms with Gasteiger partial charge in [-0.25, -0.2) is 0 Å². The lowest BCUT2D eigenvalue weighted by molar-refractivity contribution is 0.251. The minimum atomic E-state index is 0.583. The summed E-state index contributed by atoms with van der Waals surface area (Å²) in [7, 11) is 0. The van der Waals surface area contributed by atoms with Crippen LogP contribution in [-0.2, 0) is 4.74 Å². The topological polar surface area (TPSA) is 47.3 Å². The summed E-state index contributed by atoms with van der Waals surface area (Å²) in [6.07, 6.45) is 1.39. The zero-order valence-corrected chi connectivity index (χ0v) is 8.18. The predicted octanol–water partition coefficient (Wildman–Crippen LogP) is 1.66. The quantitative estimate of drug-likeness (QED) is 0.286. The van der Waals surface area contributed by atoms with E-state index in [2.05, 4.69) is 12.0 Å². The van der Waals surface area contributed by atoms with Crippen molar-refractivity contribution in [3.05, 3.63) is 12.8 Å². The maximum atomic E-state index is 4.90. The Morgan fingerprint density at radius 1 is 1.36 bits per heavy atom. The second-order valence-corrected chi connectivity index (χ2v) is 0.992. The number of rotatable bonds is 4. The van der Waals surface area contributed by atoms with Gasteiger partial charge in [-0.05, 0) is 0 Å². The molecule has 3 nitrogen and oxygen atoms in total. The van der Waals surface area contributed by atoms with Gasteiger partial charge in [0.05, 0.1) is 6.26 Å². The number of hydrazine groups is 1. The van der Waals surface area contributed by atoms with Crippen LogP contribution in [0.4, 0.5) is 0 Å². The minimum absolute atomic E-state index is 0.583. The first-order valence-electron chi connectivity index (χ1n) is 4.07. The maximum absolute atomic E-state index is 4.90. The van der Waals surface area contributed by atoms with Crippen molar-refractivity contribution in [3.8, 4) is 0 Å². The largest absolute Gasteiger partial charge is 0.500 e. The molecule has 0 saturated carbocycles. The molecule has 0 fully saturated rings. The number of nitrogens with two attached hydrogens (primary N) is 1. The summed E-state index contributed by atoms with van der Waals surface area (Å²) < 4.78 is 4.70. The average Bonchev–Trinajstić information content (AvgIpc) is 2.13. The van der Waals surface area contributed by atoms with Gasteiger partial charge in [-0.3, -0.25) is 11.3 Å². The average molecular weight is 162 g/mol. The van der Waals surface area contributed by atoms with E-state index in [4.69, 9.17) is 10.6 Å². The highest BCUT2D eigenvalue weighted by Crippen LogP contribution is 1.67. The third-order valence-corrected chi connectivity index (χ3v) is 0.482. The summed E-state index contributed by atoms with van der Waals surface area (Å²) in [5.74, 6) is 4.90. The molecule has 0 aromatic heterocycles. The standard InChI is InChI=1S/C4H10N2O.2C2H6/c1-2-7-4-3-6-5;2*1-2/h2,6H,1,3-5H2;2*1-2H3. The van der Waals surface area contributed by atoms with Gasteiger partial charge in [0, 0.05) is 6.54 Å². The van der Waals surface area contributed by atoms with Gasteiger partial charge in [0.1, 0.15) is 6.61 Å². The van der Waals surface area contributed by atoms with Crippen LogP contribution < -0.4 is 11.3 Å². The Labute approximate surface area is 70.6 Å². The zero-order chi connectivity index (χ0) is 9.54. The predicted molar refractivity (Wildman–Crippen MR) is 51.0 cm³/mol. The second-order valence-electron chi connectivity index (χ2n) is 0.992. The van der Waals surface area contributed by atoms with Gasteiger partial charge in [-0.2, -0.15) is 0 Å². The lowest BCUT2D eigenvalue weighted by Crippen LogP contribution is -2.25. The monoisotopic (exact) mass is 162 g/mol. The molecule has 0 aliphatic carbocycles. The second kappa shape index (κ2) is 34.0. The van der Waals surface area contributed by atoms with Gasteiger partial charge >= 0.3 is 0 Å². The SMILES string of the molecule is C=COCCNN.CC.CC. The molecule has 0 aliphatic rings. The van der Waals surface area contributed by atoms with Gasteiger partial charge < -0.3 is 4.74 Å². The first-order valence-corrected chi connectivity index (χ1v) is 4.07. The number of hydrogen-bond donors (Lipinski definition) is 2. The molecule has 0 unspecified atom stereocenters. The van der Waals surface area contributed by atoms with E-state index in [1.807, 2.05) is 27.7 Å². The van der Waals surface area contributed by atoms with Gasteiger partial charge in [0.2, 0.25) is 0 Å². The molecule has 0 bridgehead atoms. The van der Waals surface area contributed by atoms with Crippen molar-refractivity contribution in [2.45, 2.75) is 27.7 Å². The van der Waals surface area contributed by atoms with E-state index in [1.54, 1.807) is 0 Å². The van der Waals surface area contributed by atoms with Crippen LogP contribution in [0.1, 0.15) is 27.7 Å². The van der Waals surface area contributed by atoms with Crippen molar-refractivity contribution in [2.75, 3.05) is 13.2 Å². The third kappa shape index (κ3) is 44.0. The van der Waals surface area contributed by atoms with Crippen molar-refractivity contribution >= 4 is 0 Å². The molecular weight excluding hydrogens is 140 g/mol. The van der Waals surface area contributed by atoms with Crippen LogP contribution in [0, 0.1) is 0 Å². The Bertz CT molecular complexity index is 49.4. The van der Waals surface area contributed by atoms with E-state index >= 15 is 0 Å². The van der Waals surface area contributed by atoms with E-state index in [0.29, 0.717) is 13.2 Å². The van der Waals surface area contributed by atoms with E-state index in [1.165, 1.54) is 6.26 Å². The molecule has 0 atom stereocenters. The Kier molecular flexibility index (Phi) is 52.0. The van der Waals surface area contributed by atoms with Crippen molar-refractivity contribution < 1.29 is 4.74 Å². The molecule has 0 heterocycles. The highest BCUT2D eigenvalue weighted by Gasteiger charge is 1.74. The number of ether oxygens (including phenoxy) is 1. The third-order valence-electron chi connectivity index (χ3n) is 0.482. The van der Waals surface area contributed by atoms with Crippen molar-refractivity contribution in [1.29, 1.82) is 0 Å². The van der Waals surface area contributed by atoms with Gasteiger partial charge in [-0.15, -0.1) is 0 Å². The summed E-state index contributed by atoms with van der Waals surface area (Å²) in [5.41, 5.74) is 2.43. The van der Waals surface area contributed by atoms with Crippen LogP contribution in [-0.4, -0.2) is 13.2 Å². The summed E-state index contributed by atoms with van der Waals surface area (Å²) in [5, 5.41) is 0. The first-order chi connectivity index (χ1) is 5.41. The number of hydrogen-bond acceptors (Lipinski definition) is 3. The highest BCUT2D eigenvalue weighted by atomic mass is 16.5. The van der Waals surface area contributed by atoms with Crippen molar-refractivity contribution in [1.82, 2.24) is 5.43 Å².